The number of nitrogens with zero attached hydrogens (tertiary/aromatic N) is 3. The fourth-order valence-corrected chi connectivity index (χ4v) is 3.34. The van der Waals surface area contributed by atoms with Crippen LogP contribution in [0.5, 0.6) is 5.75 Å². The predicted molar refractivity (Wildman–Crippen MR) is 115 cm³/mol. The number of benzene rings is 1. The molecule has 1 amide bonds. The third-order valence-electron chi connectivity index (χ3n) is 4.72. The smallest absolute Gasteiger partial charge is 0.410 e. The van der Waals surface area contributed by atoms with Crippen molar-refractivity contribution in [3.05, 3.63) is 23.2 Å². The maximum Gasteiger partial charge on any atom is 0.410 e. The Labute approximate surface area is 174 Å². The van der Waals surface area contributed by atoms with Gasteiger partial charge in [-0.1, -0.05) is 25.4 Å². The maximum absolute atomic E-state index is 12.2. The normalized spacial score (nSPS) is 15.1. The average molecular weight is 412 g/mol. The molecule has 1 aromatic carbocycles. The molecule has 0 bridgehead atoms. The molecule has 0 spiro atoms. The van der Waals surface area contributed by atoms with E-state index in [2.05, 4.69) is 23.6 Å². The summed E-state index contributed by atoms with van der Waals surface area (Å²) in [6, 6.07) is 5.82. The fraction of sp³-hybridized carbons (Fsp3) is 0.667. The minimum Gasteiger partial charge on any atom is -0.492 e. The van der Waals surface area contributed by atoms with Crippen LogP contribution >= 0.6 is 11.6 Å². The molecular formula is C21H34ClN3O3. The molecule has 28 heavy (non-hydrogen) atoms. The van der Waals surface area contributed by atoms with Gasteiger partial charge >= 0.3 is 6.09 Å². The number of carbonyl (C=O) groups excluding carboxylic acids is 1. The van der Waals surface area contributed by atoms with Crippen LogP contribution in [0.2, 0.25) is 5.02 Å². The van der Waals surface area contributed by atoms with Gasteiger partial charge in [-0.15, -0.1) is 0 Å². The largest absolute Gasteiger partial charge is 0.492 e. The first kappa shape index (κ1) is 22.6. The molecular weight excluding hydrogens is 378 g/mol. The van der Waals surface area contributed by atoms with Crippen LogP contribution in [0.4, 0.5) is 10.5 Å². The number of anilines is 1. The molecule has 0 radical (unpaired) electrons. The van der Waals surface area contributed by atoms with Gasteiger partial charge in [0.15, 0.2) is 0 Å². The van der Waals surface area contributed by atoms with E-state index >= 15 is 0 Å². The number of halogens is 1. The molecule has 0 unspecified atom stereocenters. The molecule has 1 aromatic rings. The number of ether oxygens (including phenoxy) is 2. The lowest BCUT2D eigenvalue weighted by Crippen LogP contribution is -2.50. The molecule has 1 heterocycles. The summed E-state index contributed by atoms with van der Waals surface area (Å²) in [4.78, 5) is 18.5. The Morgan fingerprint density at radius 2 is 1.75 bits per heavy atom. The quantitative estimate of drug-likeness (QED) is 0.675. The van der Waals surface area contributed by atoms with Crippen molar-refractivity contribution in [2.45, 2.75) is 40.2 Å². The van der Waals surface area contributed by atoms with Crippen LogP contribution in [0.25, 0.3) is 0 Å². The molecule has 7 heteroatoms. The molecule has 0 aliphatic carbocycles. The lowest BCUT2D eigenvalue weighted by molar-refractivity contribution is 0.0240. The van der Waals surface area contributed by atoms with Crippen molar-refractivity contribution in [3.63, 3.8) is 0 Å². The van der Waals surface area contributed by atoms with Crippen molar-refractivity contribution < 1.29 is 14.3 Å². The number of amides is 1. The summed E-state index contributed by atoms with van der Waals surface area (Å²) >= 11 is 6.32. The van der Waals surface area contributed by atoms with Crippen molar-refractivity contribution in [2.24, 2.45) is 0 Å². The third-order valence-corrected chi connectivity index (χ3v) is 4.94. The average Bonchev–Trinajstić information content (AvgIpc) is 2.63. The van der Waals surface area contributed by atoms with Crippen LogP contribution in [0.15, 0.2) is 18.2 Å². The van der Waals surface area contributed by atoms with Gasteiger partial charge in [-0.25, -0.2) is 4.79 Å². The van der Waals surface area contributed by atoms with Gasteiger partial charge in [0.05, 0.1) is 0 Å². The highest BCUT2D eigenvalue weighted by molar-refractivity contribution is 6.31. The SMILES string of the molecule is CCN(CC)CCOc1cc(Cl)cc(N2CCN(C(=O)OC(C)(C)C)CC2)c1. The number of piperazine rings is 1. The molecule has 2 rings (SSSR count). The lowest BCUT2D eigenvalue weighted by Gasteiger charge is -2.37. The number of hydrogen-bond donors (Lipinski definition) is 0. The number of hydrogen-bond acceptors (Lipinski definition) is 5. The lowest BCUT2D eigenvalue weighted by atomic mass is 10.2. The van der Waals surface area contributed by atoms with E-state index in [0.29, 0.717) is 24.7 Å². The van der Waals surface area contributed by atoms with Crippen molar-refractivity contribution in [1.29, 1.82) is 0 Å². The van der Waals surface area contributed by atoms with Crippen molar-refractivity contribution >= 4 is 23.4 Å². The van der Waals surface area contributed by atoms with Crippen LogP contribution in [-0.2, 0) is 4.74 Å². The van der Waals surface area contributed by atoms with Crippen LogP contribution in [-0.4, -0.2) is 73.9 Å². The van der Waals surface area contributed by atoms with Crippen molar-refractivity contribution in [3.8, 4) is 5.75 Å². The Kier molecular flexibility index (Phi) is 8.25. The summed E-state index contributed by atoms with van der Waals surface area (Å²) in [6.45, 7) is 16.2. The summed E-state index contributed by atoms with van der Waals surface area (Å²) in [6.07, 6.45) is -0.251. The van der Waals surface area contributed by atoms with Crippen LogP contribution in [0, 0.1) is 0 Å². The first-order chi connectivity index (χ1) is 13.2. The zero-order chi connectivity index (χ0) is 20.7. The molecule has 158 valence electrons. The van der Waals surface area contributed by atoms with Gasteiger partial charge in [-0.05, 0) is 46.0 Å². The van der Waals surface area contributed by atoms with Gasteiger partial charge in [-0.3, -0.25) is 0 Å². The molecule has 0 saturated carbocycles. The highest BCUT2D eigenvalue weighted by atomic mass is 35.5. The van der Waals surface area contributed by atoms with E-state index in [9.17, 15) is 4.79 Å². The van der Waals surface area contributed by atoms with Crippen LogP contribution in [0.1, 0.15) is 34.6 Å². The highest BCUT2D eigenvalue weighted by Gasteiger charge is 2.26. The molecule has 0 aromatic heterocycles. The maximum atomic E-state index is 12.2. The minimum absolute atomic E-state index is 0.251. The minimum atomic E-state index is -0.474. The third kappa shape index (κ3) is 7.06. The summed E-state index contributed by atoms with van der Waals surface area (Å²) in [7, 11) is 0. The molecule has 0 N–H and O–H groups in total. The van der Waals surface area contributed by atoms with E-state index in [1.54, 1.807) is 4.90 Å². The van der Waals surface area contributed by atoms with Gasteiger partial charge in [0.1, 0.15) is 18.0 Å². The zero-order valence-corrected chi connectivity index (χ0v) is 18.6. The van der Waals surface area contributed by atoms with Crippen molar-refractivity contribution in [2.75, 3.05) is 57.3 Å². The molecule has 1 fully saturated rings. The fourth-order valence-electron chi connectivity index (χ4n) is 3.12. The van der Waals surface area contributed by atoms with Gasteiger partial charge < -0.3 is 24.2 Å². The number of carbonyl (C=O) groups is 1. The van der Waals surface area contributed by atoms with E-state index in [0.717, 1.165) is 44.2 Å². The van der Waals surface area contributed by atoms with Gasteiger partial charge in [0.2, 0.25) is 0 Å². The Bertz CT molecular complexity index is 636. The number of likely N-dealkylation sites (N-methyl/N-ethyl adjacent to an activating group) is 1. The van der Waals surface area contributed by atoms with E-state index in [-0.39, 0.29) is 6.09 Å². The van der Waals surface area contributed by atoms with E-state index in [1.165, 1.54) is 0 Å². The summed E-state index contributed by atoms with van der Waals surface area (Å²) in [5, 5.41) is 0.657. The van der Waals surface area contributed by atoms with Crippen LogP contribution < -0.4 is 9.64 Å². The summed E-state index contributed by atoms with van der Waals surface area (Å²) in [5.74, 6) is 0.782. The second kappa shape index (κ2) is 10.2. The van der Waals surface area contributed by atoms with E-state index < -0.39 is 5.60 Å². The highest BCUT2D eigenvalue weighted by Crippen LogP contribution is 2.28. The Balaban J connectivity index is 1.92. The second-order valence-corrected chi connectivity index (χ2v) is 8.41. The standard InChI is InChI=1S/C21H34ClN3O3/c1-6-23(7-2)12-13-27-19-15-17(22)14-18(16-19)24-8-10-25(11-9-24)20(26)28-21(3,4)5/h14-16H,6-13H2,1-5H3. The second-order valence-electron chi connectivity index (χ2n) is 7.97. The van der Waals surface area contributed by atoms with E-state index in [4.69, 9.17) is 21.1 Å². The molecule has 1 saturated heterocycles. The van der Waals surface area contributed by atoms with Gasteiger partial charge in [-0.2, -0.15) is 0 Å². The topological polar surface area (TPSA) is 45.2 Å². The Morgan fingerprint density at radius 3 is 2.32 bits per heavy atom. The predicted octanol–water partition coefficient (Wildman–Crippen LogP) is 4.12. The Hall–Kier alpha value is -1.66. The first-order valence-corrected chi connectivity index (χ1v) is 10.5. The Morgan fingerprint density at radius 1 is 1.11 bits per heavy atom. The van der Waals surface area contributed by atoms with Crippen LogP contribution in [0.3, 0.4) is 0 Å². The molecule has 0 atom stereocenters. The monoisotopic (exact) mass is 411 g/mol. The molecule has 1 aliphatic heterocycles. The van der Waals surface area contributed by atoms with Gasteiger partial charge in [0, 0.05) is 49.5 Å². The van der Waals surface area contributed by atoms with Crippen molar-refractivity contribution in [1.82, 2.24) is 9.80 Å². The zero-order valence-electron chi connectivity index (χ0n) is 17.8. The first-order valence-electron chi connectivity index (χ1n) is 10.1. The van der Waals surface area contributed by atoms with E-state index in [1.807, 2.05) is 39.0 Å². The molecule has 1 aliphatic rings. The molecule has 6 nitrogen and oxygen atoms in total. The summed E-state index contributed by atoms with van der Waals surface area (Å²) < 4.78 is 11.4. The van der Waals surface area contributed by atoms with Gasteiger partial charge in [0.25, 0.3) is 0 Å². The number of rotatable bonds is 7. The summed E-state index contributed by atoms with van der Waals surface area (Å²) in [5.41, 5.74) is 0.549.